The van der Waals surface area contributed by atoms with Crippen molar-refractivity contribution in [1.82, 2.24) is 0 Å². The molecule has 0 unspecified atom stereocenters. The van der Waals surface area contributed by atoms with Crippen molar-refractivity contribution in [2.24, 2.45) is 0 Å². The first-order chi connectivity index (χ1) is 6.33. The van der Waals surface area contributed by atoms with Crippen molar-refractivity contribution in [3.05, 3.63) is 29.8 Å². The highest BCUT2D eigenvalue weighted by Gasteiger charge is 2.25. The van der Waals surface area contributed by atoms with Crippen LogP contribution in [0.25, 0.3) is 0 Å². The van der Waals surface area contributed by atoms with Crippen molar-refractivity contribution in [1.29, 1.82) is 0 Å². The molecule has 1 aromatic rings. The number of aliphatic hydroxyl groups excluding tert-OH is 1. The zero-order valence-electron chi connectivity index (χ0n) is 7.23. The first-order valence-electron chi connectivity index (χ1n) is 4.32. The predicted octanol–water partition coefficient (Wildman–Crippen LogP) is 0.568. The molecule has 0 aliphatic carbocycles. The highest BCUT2D eigenvalue weighted by atomic mass is 16.3. The standard InChI is InChI=1S/C10H11NO2/c12-6-5-11-9-4-2-1-3-8(9)7-10(11)13/h1-4,12H,5-7H2. The minimum absolute atomic E-state index is 0.0140. The number of para-hydroxylation sites is 1. The fraction of sp³-hybridized carbons (Fsp3) is 0.300. The third kappa shape index (κ3) is 1.31. The molecule has 0 spiro atoms. The van der Waals surface area contributed by atoms with Crippen molar-refractivity contribution in [3.8, 4) is 0 Å². The van der Waals surface area contributed by atoms with E-state index in [1.807, 2.05) is 24.3 Å². The number of rotatable bonds is 2. The summed E-state index contributed by atoms with van der Waals surface area (Å²) in [6, 6.07) is 7.69. The Bertz CT molecular complexity index is 335. The lowest BCUT2D eigenvalue weighted by Gasteiger charge is -2.15. The van der Waals surface area contributed by atoms with Gasteiger partial charge in [-0.1, -0.05) is 18.2 Å². The summed E-state index contributed by atoms with van der Waals surface area (Å²) in [7, 11) is 0. The maximum absolute atomic E-state index is 11.4. The van der Waals surface area contributed by atoms with Gasteiger partial charge in [-0.15, -0.1) is 0 Å². The molecule has 0 saturated heterocycles. The van der Waals surface area contributed by atoms with E-state index in [9.17, 15) is 4.79 Å². The molecule has 3 heteroatoms. The van der Waals surface area contributed by atoms with E-state index in [0.717, 1.165) is 11.3 Å². The molecule has 0 aromatic heterocycles. The number of carbonyl (C=O) groups excluding carboxylic acids is 1. The van der Waals surface area contributed by atoms with E-state index in [2.05, 4.69) is 0 Å². The molecule has 1 aliphatic heterocycles. The lowest BCUT2D eigenvalue weighted by Crippen LogP contribution is -2.29. The third-order valence-electron chi connectivity index (χ3n) is 2.25. The Hall–Kier alpha value is -1.35. The van der Waals surface area contributed by atoms with Crippen LogP contribution in [0, 0.1) is 0 Å². The van der Waals surface area contributed by atoms with Gasteiger partial charge in [-0.2, -0.15) is 0 Å². The van der Waals surface area contributed by atoms with Crippen LogP contribution < -0.4 is 4.90 Å². The van der Waals surface area contributed by atoms with Crippen LogP contribution in [0.15, 0.2) is 24.3 Å². The largest absolute Gasteiger partial charge is 0.395 e. The molecule has 1 aliphatic rings. The number of hydrogen-bond donors (Lipinski definition) is 1. The van der Waals surface area contributed by atoms with Gasteiger partial charge in [0.15, 0.2) is 0 Å². The van der Waals surface area contributed by atoms with Crippen LogP contribution in [-0.2, 0) is 11.2 Å². The van der Waals surface area contributed by atoms with Crippen molar-refractivity contribution in [2.45, 2.75) is 6.42 Å². The summed E-state index contributed by atoms with van der Waals surface area (Å²) in [5.41, 5.74) is 2.00. The second-order valence-corrected chi connectivity index (χ2v) is 3.07. The minimum atomic E-state index is 0.0140. The van der Waals surface area contributed by atoms with Gasteiger partial charge in [0.1, 0.15) is 0 Å². The minimum Gasteiger partial charge on any atom is -0.395 e. The summed E-state index contributed by atoms with van der Waals surface area (Å²) < 4.78 is 0. The molecule has 0 atom stereocenters. The Balaban J connectivity index is 2.35. The highest BCUT2D eigenvalue weighted by Crippen LogP contribution is 2.27. The number of nitrogens with zero attached hydrogens (tertiary/aromatic N) is 1. The molecule has 1 heterocycles. The predicted molar refractivity (Wildman–Crippen MR) is 49.6 cm³/mol. The number of fused-ring (bicyclic) bond motifs is 1. The molecule has 1 aromatic carbocycles. The van der Waals surface area contributed by atoms with E-state index < -0.39 is 0 Å². The average Bonchev–Trinajstić information content (AvgIpc) is 2.44. The summed E-state index contributed by atoms with van der Waals surface area (Å²) in [5.74, 6) is 0.0789. The molecule has 3 nitrogen and oxygen atoms in total. The lowest BCUT2D eigenvalue weighted by molar-refractivity contribution is -0.117. The van der Waals surface area contributed by atoms with Crippen LogP contribution in [0.5, 0.6) is 0 Å². The van der Waals surface area contributed by atoms with Crippen molar-refractivity contribution < 1.29 is 9.90 Å². The van der Waals surface area contributed by atoms with E-state index in [4.69, 9.17) is 5.11 Å². The van der Waals surface area contributed by atoms with Gasteiger partial charge in [0, 0.05) is 12.2 Å². The van der Waals surface area contributed by atoms with Crippen LogP contribution in [-0.4, -0.2) is 24.2 Å². The average molecular weight is 177 g/mol. The lowest BCUT2D eigenvalue weighted by atomic mass is 10.2. The summed E-state index contributed by atoms with van der Waals surface area (Å²) in [4.78, 5) is 13.1. The molecule has 0 bridgehead atoms. The molecule has 0 radical (unpaired) electrons. The Kier molecular flexibility index (Phi) is 2.02. The van der Waals surface area contributed by atoms with Gasteiger partial charge >= 0.3 is 0 Å². The maximum atomic E-state index is 11.4. The highest BCUT2D eigenvalue weighted by molar-refractivity contribution is 6.01. The van der Waals surface area contributed by atoms with Gasteiger partial charge in [0.05, 0.1) is 13.0 Å². The summed E-state index contributed by atoms with van der Waals surface area (Å²) in [5, 5.41) is 8.78. The molecule has 1 N–H and O–H groups in total. The second-order valence-electron chi connectivity index (χ2n) is 3.07. The fourth-order valence-electron chi connectivity index (χ4n) is 1.66. The molecule has 0 fully saturated rings. The van der Waals surface area contributed by atoms with Gasteiger partial charge in [-0.05, 0) is 11.6 Å². The molecule has 68 valence electrons. The number of carbonyl (C=O) groups is 1. The first kappa shape index (κ1) is 8.26. The number of anilines is 1. The summed E-state index contributed by atoms with van der Waals surface area (Å²) in [6.07, 6.45) is 0.468. The first-order valence-corrected chi connectivity index (χ1v) is 4.32. The van der Waals surface area contributed by atoms with Crippen LogP contribution >= 0.6 is 0 Å². The number of β-amino-alcohol motifs (C(OH)–C–C–N with tert-alkyl or cyclic N) is 1. The molecule has 0 saturated carbocycles. The quantitative estimate of drug-likeness (QED) is 0.717. The maximum Gasteiger partial charge on any atom is 0.231 e. The monoisotopic (exact) mass is 177 g/mol. The zero-order valence-corrected chi connectivity index (χ0v) is 7.23. The molecule has 13 heavy (non-hydrogen) atoms. The topological polar surface area (TPSA) is 40.5 Å². The molecular formula is C10H11NO2. The van der Waals surface area contributed by atoms with Gasteiger partial charge in [0.25, 0.3) is 0 Å². The van der Waals surface area contributed by atoms with Gasteiger partial charge in [-0.25, -0.2) is 0 Å². The van der Waals surface area contributed by atoms with Crippen molar-refractivity contribution >= 4 is 11.6 Å². The van der Waals surface area contributed by atoms with Crippen LogP contribution in [0.3, 0.4) is 0 Å². The van der Waals surface area contributed by atoms with Crippen LogP contribution in [0.2, 0.25) is 0 Å². The van der Waals surface area contributed by atoms with Gasteiger partial charge in [0.2, 0.25) is 5.91 Å². The Labute approximate surface area is 76.6 Å². The molecular weight excluding hydrogens is 166 g/mol. The van der Waals surface area contributed by atoms with Crippen molar-refractivity contribution in [3.63, 3.8) is 0 Å². The smallest absolute Gasteiger partial charge is 0.231 e. The van der Waals surface area contributed by atoms with Crippen LogP contribution in [0.1, 0.15) is 5.56 Å². The number of benzene rings is 1. The Morgan fingerprint density at radius 3 is 2.92 bits per heavy atom. The van der Waals surface area contributed by atoms with E-state index in [1.54, 1.807) is 4.90 Å². The molecule has 2 rings (SSSR count). The van der Waals surface area contributed by atoms with Crippen molar-refractivity contribution in [2.75, 3.05) is 18.1 Å². The SMILES string of the molecule is O=C1Cc2ccccc2N1CCO. The van der Waals surface area contributed by atoms with E-state index in [0.29, 0.717) is 13.0 Å². The second kappa shape index (κ2) is 3.18. The van der Waals surface area contributed by atoms with Crippen LogP contribution in [0.4, 0.5) is 5.69 Å². The summed E-state index contributed by atoms with van der Waals surface area (Å²) >= 11 is 0. The number of amides is 1. The number of aliphatic hydroxyl groups is 1. The van der Waals surface area contributed by atoms with E-state index in [-0.39, 0.29) is 12.5 Å². The van der Waals surface area contributed by atoms with Gasteiger partial charge in [-0.3, -0.25) is 4.79 Å². The third-order valence-corrected chi connectivity index (χ3v) is 2.25. The Morgan fingerprint density at radius 2 is 2.15 bits per heavy atom. The van der Waals surface area contributed by atoms with E-state index in [1.165, 1.54) is 0 Å². The van der Waals surface area contributed by atoms with Gasteiger partial charge < -0.3 is 10.0 Å². The Morgan fingerprint density at radius 1 is 1.38 bits per heavy atom. The van der Waals surface area contributed by atoms with E-state index >= 15 is 0 Å². The summed E-state index contributed by atoms with van der Waals surface area (Å²) in [6.45, 7) is 0.413. The number of hydrogen-bond acceptors (Lipinski definition) is 2. The molecule has 1 amide bonds. The zero-order chi connectivity index (χ0) is 9.26. The fourth-order valence-corrected chi connectivity index (χ4v) is 1.66. The normalized spacial score (nSPS) is 14.8.